The Hall–Kier alpha value is -1.79. The van der Waals surface area contributed by atoms with Crippen LogP contribution in [-0.2, 0) is 4.74 Å². The first-order chi connectivity index (χ1) is 10.7. The summed E-state index contributed by atoms with van der Waals surface area (Å²) in [6.45, 7) is 5.27. The summed E-state index contributed by atoms with van der Waals surface area (Å²) in [6, 6.07) is 5.53. The molecule has 1 aromatic carbocycles. The summed E-state index contributed by atoms with van der Waals surface area (Å²) in [7, 11) is 0. The molecule has 2 fully saturated rings. The summed E-state index contributed by atoms with van der Waals surface area (Å²) < 4.78 is 24.4. The van der Waals surface area contributed by atoms with Crippen LogP contribution in [0.4, 0.5) is 4.39 Å². The van der Waals surface area contributed by atoms with E-state index in [1.54, 1.807) is 13.0 Å². The molecule has 0 N–H and O–H groups in total. The number of aromatic nitrogens is 2. The van der Waals surface area contributed by atoms with Crippen LogP contribution >= 0.6 is 0 Å². The van der Waals surface area contributed by atoms with Gasteiger partial charge in [-0.15, -0.1) is 0 Å². The summed E-state index contributed by atoms with van der Waals surface area (Å²) in [6.07, 6.45) is 1.10. The first-order valence-corrected chi connectivity index (χ1v) is 7.62. The molecule has 3 heterocycles. The lowest BCUT2D eigenvalue weighted by Crippen LogP contribution is -2.51. The number of aryl methyl sites for hydroxylation is 1. The molecule has 0 aliphatic carbocycles. The Bertz CT molecular complexity index is 676. The predicted octanol–water partition coefficient (Wildman–Crippen LogP) is 2.37. The molecule has 2 aromatic rings. The molecular formula is C16H18FN3O2. The normalized spacial score (nSPS) is 22.9. The van der Waals surface area contributed by atoms with Gasteiger partial charge in [-0.3, -0.25) is 4.90 Å². The smallest absolute Gasteiger partial charge is 0.232 e. The highest BCUT2D eigenvalue weighted by Gasteiger charge is 2.37. The minimum atomic E-state index is -0.250. The van der Waals surface area contributed by atoms with Crippen LogP contribution in [-0.4, -0.2) is 47.4 Å². The highest BCUT2D eigenvalue weighted by atomic mass is 19.1. The van der Waals surface area contributed by atoms with Crippen molar-refractivity contribution in [2.75, 3.05) is 26.3 Å². The van der Waals surface area contributed by atoms with Crippen LogP contribution < -0.4 is 0 Å². The number of nitrogens with zero attached hydrogens (tertiary/aromatic N) is 3. The molecule has 0 bridgehead atoms. The molecule has 0 radical (unpaired) electrons. The van der Waals surface area contributed by atoms with Crippen molar-refractivity contribution in [1.82, 2.24) is 15.0 Å². The van der Waals surface area contributed by atoms with Gasteiger partial charge in [0, 0.05) is 31.3 Å². The Morgan fingerprint density at radius 1 is 1.32 bits per heavy atom. The lowest BCUT2D eigenvalue weighted by Gasteiger charge is -2.40. The van der Waals surface area contributed by atoms with E-state index in [9.17, 15) is 4.39 Å². The zero-order valence-corrected chi connectivity index (χ0v) is 12.5. The van der Waals surface area contributed by atoms with Crippen molar-refractivity contribution >= 4 is 0 Å². The fourth-order valence-electron chi connectivity index (χ4n) is 3.03. The van der Waals surface area contributed by atoms with E-state index in [1.807, 2.05) is 6.07 Å². The van der Waals surface area contributed by atoms with Gasteiger partial charge in [0.25, 0.3) is 0 Å². The average Bonchev–Trinajstić information content (AvgIpc) is 3.12. The lowest BCUT2D eigenvalue weighted by molar-refractivity contribution is 0.0651. The Morgan fingerprint density at radius 2 is 2.18 bits per heavy atom. The fourth-order valence-corrected chi connectivity index (χ4v) is 3.03. The van der Waals surface area contributed by atoms with E-state index in [4.69, 9.17) is 9.26 Å². The first-order valence-electron chi connectivity index (χ1n) is 7.62. The van der Waals surface area contributed by atoms with Gasteiger partial charge in [-0.2, -0.15) is 4.98 Å². The third-order valence-electron chi connectivity index (χ3n) is 4.55. The maximum Gasteiger partial charge on any atom is 0.232 e. The second-order valence-corrected chi connectivity index (χ2v) is 6.09. The summed E-state index contributed by atoms with van der Waals surface area (Å²) in [5.74, 6) is 1.12. The molecule has 1 unspecified atom stereocenters. The third-order valence-corrected chi connectivity index (χ3v) is 4.55. The summed E-state index contributed by atoms with van der Waals surface area (Å²) in [5.41, 5.74) is 1.26. The van der Waals surface area contributed by atoms with Crippen molar-refractivity contribution in [2.24, 2.45) is 0 Å². The second-order valence-electron chi connectivity index (χ2n) is 6.09. The molecule has 1 atom stereocenters. The van der Waals surface area contributed by atoms with E-state index in [1.165, 1.54) is 6.07 Å². The van der Waals surface area contributed by atoms with Gasteiger partial charge in [-0.05, 0) is 25.0 Å². The molecule has 5 nitrogen and oxygen atoms in total. The zero-order chi connectivity index (χ0) is 15.1. The number of ether oxygens (including phenoxy) is 1. The number of benzene rings is 1. The summed E-state index contributed by atoms with van der Waals surface area (Å²) in [5, 5.41) is 3.99. The monoisotopic (exact) mass is 303 g/mol. The fraction of sp³-hybridized carbons (Fsp3) is 0.500. The molecule has 0 spiro atoms. The van der Waals surface area contributed by atoms with Crippen LogP contribution in [0.5, 0.6) is 0 Å². The predicted molar refractivity (Wildman–Crippen MR) is 78.0 cm³/mol. The van der Waals surface area contributed by atoms with Gasteiger partial charge in [0.1, 0.15) is 5.82 Å². The lowest BCUT2D eigenvalue weighted by atomic mass is 9.97. The number of halogens is 1. The molecule has 6 heteroatoms. The van der Waals surface area contributed by atoms with Gasteiger partial charge in [0.2, 0.25) is 11.7 Å². The molecular weight excluding hydrogens is 285 g/mol. The first kappa shape index (κ1) is 13.8. The van der Waals surface area contributed by atoms with E-state index in [0.29, 0.717) is 28.9 Å². The van der Waals surface area contributed by atoms with Crippen LogP contribution in [0.1, 0.15) is 23.8 Å². The van der Waals surface area contributed by atoms with Gasteiger partial charge in [-0.1, -0.05) is 17.3 Å². The van der Waals surface area contributed by atoms with Crippen molar-refractivity contribution in [3.63, 3.8) is 0 Å². The van der Waals surface area contributed by atoms with Crippen molar-refractivity contribution in [3.8, 4) is 11.4 Å². The highest BCUT2D eigenvalue weighted by Crippen LogP contribution is 2.31. The Morgan fingerprint density at radius 3 is 2.91 bits per heavy atom. The van der Waals surface area contributed by atoms with Crippen molar-refractivity contribution in [3.05, 3.63) is 35.5 Å². The average molecular weight is 303 g/mol. The molecule has 2 aliphatic rings. The topological polar surface area (TPSA) is 51.4 Å². The van der Waals surface area contributed by atoms with Crippen LogP contribution in [0.3, 0.4) is 0 Å². The van der Waals surface area contributed by atoms with Gasteiger partial charge >= 0.3 is 0 Å². The van der Waals surface area contributed by atoms with Crippen molar-refractivity contribution in [1.29, 1.82) is 0 Å². The van der Waals surface area contributed by atoms with E-state index < -0.39 is 0 Å². The van der Waals surface area contributed by atoms with Gasteiger partial charge in [0.15, 0.2) is 0 Å². The molecule has 2 saturated heterocycles. The number of rotatable bonds is 3. The Labute approximate surface area is 128 Å². The minimum absolute atomic E-state index is 0.250. The largest absolute Gasteiger partial charge is 0.380 e. The Kier molecular flexibility index (Phi) is 3.43. The van der Waals surface area contributed by atoms with Crippen LogP contribution in [0.15, 0.2) is 22.7 Å². The van der Waals surface area contributed by atoms with E-state index >= 15 is 0 Å². The van der Waals surface area contributed by atoms with E-state index in [-0.39, 0.29) is 11.7 Å². The molecule has 2 aliphatic heterocycles. The van der Waals surface area contributed by atoms with Gasteiger partial charge < -0.3 is 9.26 Å². The van der Waals surface area contributed by atoms with Crippen LogP contribution in [0, 0.1) is 12.7 Å². The zero-order valence-electron chi connectivity index (χ0n) is 12.5. The standard InChI is InChI=1S/C16H18FN3O2/c1-10-2-3-11(6-14(10)17)15-18-16(22-19-15)12-7-20(8-12)13-4-5-21-9-13/h2-3,6,12-13H,4-5,7-9H2,1H3. The van der Waals surface area contributed by atoms with Gasteiger partial charge in [0.05, 0.1) is 12.5 Å². The quantitative estimate of drug-likeness (QED) is 0.871. The van der Waals surface area contributed by atoms with Crippen molar-refractivity contribution in [2.45, 2.75) is 25.3 Å². The minimum Gasteiger partial charge on any atom is -0.380 e. The molecule has 116 valence electrons. The van der Waals surface area contributed by atoms with Crippen LogP contribution in [0.25, 0.3) is 11.4 Å². The molecule has 0 amide bonds. The van der Waals surface area contributed by atoms with E-state index in [2.05, 4.69) is 15.0 Å². The number of hydrogen-bond acceptors (Lipinski definition) is 5. The number of hydrogen-bond donors (Lipinski definition) is 0. The third kappa shape index (κ3) is 2.42. The van der Waals surface area contributed by atoms with E-state index in [0.717, 1.165) is 32.7 Å². The maximum atomic E-state index is 13.6. The molecule has 0 saturated carbocycles. The SMILES string of the molecule is Cc1ccc(-c2noc(C3CN(C4CCOC4)C3)n2)cc1F. The number of likely N-dealkylation sites (tertiary alicyclic amines) is 1. The molecule has 22 heavy (non-hydrogen) atoms. The highest BCUT2D eigenvalue weighted by molar-refractivity contribution is 5.55. The summed E-state index contributed by atoms with van der Waals surface area (Å²) >= 11 is 0. The Balaban J connectivity index is 1.45. The van der Waals surface area contributed by atoms with Gasteiger partial charge in [-0.25, -0.2) is 4.39 Å². The molecule has 1 aromatic heterocycles. The van der Waals surface area contributed by atoms with Crippen LogP contribution in [0.2, 0.25) is 0 Å². The maximum absolute atomic E-state index is 13.6. The van der Waals surface area contributed by atoms with Crippen molar-refractivity contribution < 1.29 is 13.7 Å². The molecule has 4 rings (SSSR count). The summed E-state index contributed by atoms with van der Waals surface area (Å²) in [4.78, 5) is 6.83. The second kappa shape index (κ2) is 5.44.